The molecule has 122 valence electrons. The minimum Gasteiger partial charge on any atom is -0.366 e. The lowest BCUT2D eigenvalue weighted by atomic mass is 9.93. The van der Waals surface area contributed by atoms with E-state index >= 15 is 0 Å². The standard InChI is InChI=1S/C15H21N7O/c1-9-7-17-11(18-9)5-6-16-12-13-20-21-14(23)22(13)8-10(19-12)15(2,3)4/h7-8H,5-6H2,1-4H3,(H,16,19)(H,17,18)(H,21,23). The van der Waals surface area contributed by atoms with Crippen molar-refractivity contribution in [1.29, 1.82) is 0 Å². The average Bonchev–Trinajstić information content (AvgIpc) is 3.05. The molecule has 0 aliphatic heterocycles. The maximum atomic E-state index is 11.9. The van der Waals surface area contributed by atoms with E-state index in [1.165, 1.54) is 4.40 Å². The van der Waals surface area contributed by atoms with Crippen molar-refractivity contribution in [3.8, 4) is 0 Å². The van der Waals surface area contributed by atoms with Gasteiger partial charge in [-0.15, -0.1) is 5.10 Å². The van der Waals surface area contributed by atoms with Gasteiger partial charge in [0.25, 0.3) is 0 Å². The van der Waals surface area contributed by atoms with Crippen LogP contribution in [0, 0.1) is 6.92 Å². The lowest BCUT2D eigenvalue weighted by molar-refractivity contribution is 0.565. The van der Waals surface area contributed by atoms with E-state index in [0.717, 1.165) is 23.6 Å². The van der Waals surface area contributed by atoms with Gasteiger partial charge < -0.3 is 10.3 Å². The van der Waals surface area contributed by atoms with Crippen LogP contribution in [0.2, 0.25) is 0 Å². The highest BCUT2D eigenvalue weighted by Gasteiger charge is 2.19. The Bertz CT molecular complexity index is 881. The van der Waals surface area contributed by atoms with Crippen molar-refractivity contribution in [2.24, 2.45) is 0 Å². The van der Waals surface area contributed by atoms with E-state index in [4.69, 9.17) is 0 Å². The fourth-order valence-electron chi connectivity index (χ4n) is 2.29. The molecule has 8 heteroatoms. The van der Waals surface area contributed by atoms with Crippen molar-refractivity contribution in [2.75, 3.05) is 11.9 Å². The van der Waals surface area contributed by atoms with E-state index < -0.39 is 0 Å². The molecule has 3 heterocycles. The summed E-state index contributed by atoms with van der Waals surface area (Å²) in [5.74, 6) is 1.51. The number of imidazole rings is 1. The molecule has 0 aromatic carbocycles. The summed E-state index contributed by atoms with van der Waals surface area (Å²) in [6.07, 6.45) is 4.34. The van der Waals surface area contributed by atoms with Gasteiger partial charge in [-0.3, -0.25) is 0 Å². The van der Waals surface area contributed by atoms with Crippen LogP contribution in [-0.2, 0) is 11.8 Å². The molecule has 3 N–H and O–H groups in total. The van der Waals surface area contributed by atoms with Crippen LogP contribution in [0.4, 0.5) is 5.82 Å². The molecule has 3 rings (SSSR count). The van der Waals surface area contributed by atoms with E-state index in [9.17, 15) is 4.79 Å². The highest BCUT2D eigenvalue weighted by atomic mass is 16.1. The Morgan fingerprint density at radius 2 is 2.09 bits per heavy atom. The molecular formula is C15H21N7O. The van der Waals surface area contributed by atoms with Gasteiger partial charge in [0.05, 0.1) is 11.4 Å². The first-order valence-electron chi connectivity index (χ1n) is 7.57. The molecule has 0 aliphatic rings. The van der Waals surface area contributed by atoms with Crippen LogP contribution in [0.25, 0.3) is 5.65 Å². The third kappa shape index (κ3) is 3.10. The number of fused-ring (bicyclic) bond motifs is 1. The number of anilines is 1. The molecular weight excluding hydrogens is 294 g/mol. The molecule has 0 radical (unpaired) electrons. The van der Waals surface area contributed by atoms with Gasteiger partial charge in [0.15, 0.2) is 5.82 Å². The number of aromatic amines is 2. The summed E-state index contributed by atoms with van der Waals surface area (Å²) in [6.45, 7) is 8.76. The number of H-pyrrole nitrogens is 2. The lowest BCUT2D eigenvalue weighted by Crippen LogP contribution is -2.20. The molecule has 0 amide bonds. The largest absolute Gasteiger partial charge is 0.366 e. The first-order valence-corrected chi connectivity index (χ1v) is 7.57. The molecule has 23 heavy (non-hydrogen) atoms. The van der Waals surface area contributed by atoms with E-state index in [-0.39, 0.29) is 11.1 Å². The van der Waals surface area contributed by atoms with Crippen LogP contribution in [0.1, 0.15) is 38.0 Å². The molecule has 0 aliphatic carbocycles. The average molecular weight is 315 g/mol. The van der Waals surface area contributed by atoms with Crippen LogP contribution in [0.3, 0.4) is 0 Å². The highest BCUT2D eigenvalue weighted by Crippen LogP contribution is 2.22. The predicted octanol–water partition coefficient (Wildman–Crippen LogP) is 1.40. The minimum absolute atomic E-state index is 0.167. The minimum atomic E-state index is -0.266. The van der Waals surface area contributed by atoms with Crippen LogP contribution in [0.5, 0.6) is 0 Å². The Morgan fingerprint density at radius 1 is 1.30 bits per heavy atom. The van der Waals surface area contributed by atoms with Crippen molar-refractivity contribution >= 4 is 11.5 Å². The van der Waals surface area contributed by atoms with Crippen LogP contribution in [-0.4, -0.2) is 36.1 Å². The predicted molar refractivity (Wildman–Crippen MR) is 87.8 cm³/mol. The number of aromatic nitrogens is 6. The summed E-state index contributed by atoms with van der Waals surface area (Å²) in [5.41, 5.74) is 1.86. The second kappa shape index (κ2) is 5.53. The monoisotopic (exact) mass is 315 g/mol. The zero-order valence-corrected chi connectivity index (χ0v) is 13.8. The van der Waals surface area contributed by atoms with Gasteiger partial charge in [0, 0.05) is 30.8 Å². The van der Waals surface area contributed by atoms with Gasteiger partial charge in [-0.2, -0.15) is 0 Å². The fourth-order valence-corrected chi connectivity index (χ4v) is 2.29. The molecule has 0 saturated carbocycles. The van der Waals surface area contributed by atoms with E-state index in [1.807, 2.05) is 13.1 Å². The second-order valence-corrected chi connectivity index (χ2v) is 6.61. The Hall–Kier alpha value is -2.64. The molecule has 0 unspecified atom stereocenters. The number of aryl methyl sites for hydroxylation is 1. The third-order valence-electron chi connectivity index (χ3n) is 3.58. The summed E-state index contributed by atoms with van der Waals surface area (Å²) >= 11 is 0. The zero-order chi connectivity index (χ0) is 16.6. The summed E-state index contributed by atoms with van der Waals surface area (Å²) in [4.78, 5) is 24.0. The van der Waals surface area contributed by atoms with Crippen molar-refractivity contribution in [3.63, 3.8) is 0 Å². The SMILES string of the molecule is Cc1c[nH]c(CCNc2nc(C(C)(C)C)cn3c(=O)[nH]nc23)n1. The zero-order valence-electron chi connectivity index (χ0n) is 13.8. The third-order valence-corrected chi connectivity index (χ3v) is 3.58. The second-order valence-electron chi connectivity index (χ2n) is 6.61. The van der Waals surface area contributed by atoms with Gasteiger partial charge in [0.1, 0.15) is 5.82 Å². The number of nitrogens with zero attached hydrogens (tertiary/aromatic N) is 4. The fraction of sp³-hybridized carbons (Fsp3) is 0.467. The Balaban J connectivity index is 1.88. The Kier molecular flexibility index (Phi) is 3.67. The van der Waals surface area contributed by atoms with E-state index in [1.54, 1.807) is 6.20 Å². The molecule has 0 atom stereocenters. The normalized spacial score (nSPS) is 12.0. The number of nitrogens with one attached hydrogen (secondary N) is 3. The van der Waals surface area contributed by atoms with E-state index in [0.29, 0.717) is 18.0 Å². The quantitative estimate of drug-likeness (QED) is 0.675. The van der Waals surface area contributed by atoms with Gasteiger partial charge in [-0.1, -0.05) is 20.8 Å². The molecule has 8 nitrogen and oxygen atoms in total. The summed E-state index contributed by atoms with van der Waals surface area (Å²) in [6, 6.07) is 0. The summed E-state index contributed by atoms with van der Waals surface area (Å²) in [7, 11) is 0. The topological polar surface area (TPSA) is 104 Å². The maximum absolute atomic E-state index is 11.9. The van der Waals surface area contributed by atoms with Crippen molar-refractivity contribution < 1.29 is 0 Å². The van der Waals surface area contributed by atoms with Crippen LogP contribution < -0.4 is 11.0 Å². The van der Waals surface area contributed by atoms with E-state index in [2.05, 4.69) is 51.2 Å². The highest BCUT2D eigenvalue weighted by molar-refractivity contribution is 5.62. The van der Waals surface area contributed by atoms with Gasteiger partial charge in [0.2, 0.25) is 5.65 Å². The summed E-state index contributed by atoms with van der Waals surface area (Å²) in [5, 5.41) is 9.77. The Labute approximate surface area is 133 Å². The molecule has 0 fully saturated rings. The van der Waals surface area contributed by atoms with Crippen LogP contribution >= 0.6 is 0 Å². The molecule has 0 saturated heterocycles. The smallest absolute Gasteiger partial charge is 0.347 e. The van der Waals surface area contributed by atoms with Crippen LogP contribution in [0.15, 0.2) is 17.2 Å². The van der Waals surface area contributed by atoms with Crippen molar-refractivity contribution in [2.45, 2.75) is 39.5 Å². The molecule has 0 bridgehead atoms. The van der Waals surface area contributed by atoms with Crippen molar-refractivity contribution in [1.82, 2.24) is 29.5 Å². The number of hydrogen-bond donors (Lipinski definition) is 3. The molecule has 3 aromatic rings. The first-order chi connectivity index (χ1) is 10.8. The van der Waals surface area contributed by atoms with Crippen molar-refractivity contribution in [3.05, 3.63) is 40.1 Å². The van der Waals surface area contributed by atoms with Gasteiger partial charge >= 0.3 is 5.69 Å². The molecule has 0 spiro atoms. The molecule has 3 aromatic heterocycles. The lowest BCUT2D eigenvalue weighted by Gasteiger charge is -2.19. The summed E-state index contributed by atoms with van der Waals surface area (Å²) < 4.78 is 1.49. The number of hydrogen-bond acceptors (Lipinski definition) is 5. The van der Waals surface area contributed by atoms with Gasteiger partial charge in [-0.05, 0) is 6.92 Å². The Morgan fingerprint density at radius 3 is 2.74 bits per heavy atom. The number of rotatable bonds is 4. The maximum Gasteiger partial charge on any atom is 0.347 e. The first kappa shape index (κ1) is 15.3. The van der Waals surface area contributed by atoms with Gasteiger partial charge in [-0.25, -0.2) is 24.3 Å².